The summed E-state index contributed by atoms with van der Waals surface area (Å²) in [5.41, 5.74) is 1.54. The number of aromatic nitrogens is 1. The van der Waals surface area contributed by atoms with Crippen molar-refractivity contribution < 1.29 is 23.1 Å². The van der Waals surface area contributed by atoms with Crippen molar-refractivity contribution >= 4 is 49.7 Å². The predicted octanol–water partition coefficient (Wildman–Crippen LogP) is 4.48. The van der Waals surface area contributed by atoms with E-state index in [4.69, 9.17) is 16.3 Å². The van der Waals surface area contributed by atoms with E-state index in [9.17, 15) is 18.3 Å². The molecule has 0 saturated carbocycles. The van der Waals surface area contributed by atoms with Crippen LogP contribution in [-0.4, -0.2) is 49.6 Å². The molecule has 1 saturated heterocycles. The van der Waals surface area contributed by atoms with Crippen LogP contribution in [0.2, 0.25) is 5.02 Å². The molecule has 34 heavy (non-hydrogen) atoms. The van der Waals surface area contributed by atoms with Gasteiger partial charge in [-0.3, -0.25) is 4.98 Å². The van der Waals surface area contributed by atoms with Gasteiger partial charge in [0.05, 0.1) is 29.1 Å². The van der Waals surface area contributed by atoms with Gasteiger partial charge in [-0.1, -0.05) is 31.5 Å². The Kier molecular flexibility index (Phi) is 6.82. The van der Waals surface area contributed by atoms with Crippen LogP contribution in [-0.2, 0) is 14.6 Å². The fraction of sp³-hybridized carbons (Fsp3) is 0.333. The molecule has 1 aromatic heterocycles. The first-order valence-electron chi connectivity index (χ1n) is 10.9. The molecule has 180 valence electrons. The number of nitrogens with zero attached hydrogens (tertiary/aromatic N) is 1. The molecular weight excluding hydrogens is 478 g/mol. The second-order valence-electron chi connectivity index (χ2n) is 8.55. The van der Waals surface area contributed by atoms with Gasteiger partial charge in [0.2, 0.25) is 9.84 Å². The van der Waals surface area contributed by atoms with Gasteiger partial charge in [0.15, 0.2) is 5.44 Å². The smallest absolute Gasteiger partial charge is 0.337 e. The molecule has 3 aromatic rings. The van der Waals surface area contributed by atoms with Gasteiger partial charge in [-0.25, -0.2) is 13.2 Å². The third kappa shape index (κ3) is 4.61. The second-order valence-corrected chi connectivity index (χ2v) is 11.0. The average Bonchev–Trinajstić information content (AvgIpc) is 2.80. The maximum absolute atomic E-state index is 13.6. The summed E-state index contributed by atoms with van der Waals surface area (Å²) in [6, 6.07) is 8.47. The number of morpholine rings is 1. The highest BCUT2D eigenvalue weighted by molar-refractivity contribution is 7.92. The minimum Gasteiger partial charge on any atom is -0.478 e. The SMILES string of the molecule is Cc1cc(C(C)C)cc(C(=O)O)c1Nc1c(S(=O)(=O)C2CNCCO2)cnc2ccc(Cl)cc12. The van der Waals surface area contributed by atoms with E-state index in [0.29, 0.717) is 33.7 Å². The fourth-order valence-electron chi connectivity index (χ4n) is 3.98. The Hall–Kier alpha value is -2.72. The fourth-order valence-corrected chi connectivity index (χ4v) is 5.69. The van der Waals surface area contributed by atoms with Crippen molar-refractivity contribution in [1.82, 2.24) is 10.3 Å². The maximum Gasteiger partial charge on any atom is 0.337 e. The number of carboxylic acid groups (broad SMARTS) is 1. The van der Waals surface area contributed by atoms with Gasteiger partial charge >= 0.3 is 5.97 Å². The molecule has 0 amide bonds. The number of nitrogens with one attached hydrogen (secondary N) is 2. The number of ether oxygens (including phenoxy) is 1. The van der Waals surface area contributed by atoms with Crippen molar-refractivity contribution in [3.05, 3.63) is 58.2 Å². The number of aromatic carboxylic acids is 1. The first-order chi connectivity index (χ1) is 16.1. The van der Waals surface area contributed by atoms with Crippen molar-refractivity contribution in [3.8, 4) is 0 Å². The summed E-state index contributed by atoms with van der Waals surface area (Å²) in [6.07, 6.45) is 1.28. The largest absolute Gasteiger partial charge is 0.478 e. The highest BCUT2D eigenvalue weighted by Crippen LogP contribution is 2.38. The van der Waals surface area contributed by atoms with E-state index in [0.717, 1.165) is 5.56 Å². The van der Waals surface area contributed by atoms with Crippen molar-refractivity contribution in [2.75, 3.05) is 25.0 Å². The van der Waals surface area contributed by atoms with Gasteiger partial charge in [-0.05, 0) is 48.2 Å². The number of hydrogen-bond donors (Lipinski definition) is 3. The first-order valence-corrected chi connectivity index (χ1v) is 12.8. The lowest BCUT2D eigenvalue weighted by molar-refractivity contribution is 0.0697. The van der Waals surface area contributed by atoms with Crippen LogP contribution < -0.4 is 10.6 Å². The Bertz CT molecular complexity index is 1370. The molecule has 0 spiro atoms. The van der Waals surface area contributed by atoms with E-state index >= 15 is 0 Å². The number of anilines is 2. The number of aryl methyl sites for hydroxylation is 1. The summed E-state index contributed by atoms with van der Waals surface area (Å²) in [4.78, 5) is 16.4. The van der Waals surface area contributed by atoms with Crippen LogP contribution in [0.15, 0.2) is 41.4 Å². The molecule has 8 nitrogen and oxygen atoms in total. The maximum atomic E-state index is 13.6. The summed E-state index contributed by atoms with van der Waals surface area (Å²) < 4.78 is 32.7. The molecule has 2 heterocycles. The molecule has 1 fully saturated rings. The number of benzene rings is 2. The van der Waals surface area contributed by atoms with Crippen molar-refractivity contribution in [3.63, 3.8) is 0 Å². The molecule has 1 aliphatic rings. The van der Waals surface area contributed by atoms with E-state index in [2.05, 4.69) is 15.6 Å². The third-order valence-electron chi connectivity index (χ3n) is 5.85. The van der Waals surface area contributed by atoms with E-state index in [1.807, 2.05) is 19.9 Å². The minimum atomic E-state index is -3.98. The van der Waals surface area contributed by atoms with Crippen molar-refractivity contribution in [1.29, 1.82) is 0 Å². The molecule has 2 aromatic carbocycles. The van der Waals surface area contributed by atoms with Gasteiger partial charge in [0.25, 0.3) is 0 Å². The topological polar surface area (TPSA) is 118 Å². The highest BCUT2D eigenvalue weighted by Gasteiger charge is 2.33. The van der Waals surface area contributed by atoms with Crippen LogP contribution in [0, 0.1) is 6.92 Å². The Balaban J connectivity index is 1.96. The summed E-state index contributed by atoms with van der Waals surface area (Å²) in [5.74, 6) is -0.994. The Morgan fingerprint density at radius 2 is 2.03 bits per heavy atom. The molecule has 1 unspecified atom stereocenters. The van der Waals surface area contributed by atoms with Crippen molar-refractivity contribution in [2.24, 2.45) is 0 Å². The zero-order chi connectivity index (χ0) is 24.6. The molecule has 0 aliphatic carbocycles. The molecule has 10 heteroatoms. The molecule has 1 aliphatic heterocycles. The Morgan fingerprint density at radius 3 is 2.68 bits per heavy atom. The minimum absolute atomic E-state index is 0.0506. The molecule has 4 rings (SSSR count). The summed E-state index contributed by atoms with van der Waals surface area (Å²) in [7, 11) is -3.98. The number of fused-ring (bicyclic) bond motifs is 1. The first kappa shape index (κ1) is 24.4. The number of pyridine rings is 1. The van der Waals surface area contributed by atoms with Crippen LogP contribution in [0.4, 0.5) is 11.4 Å². The monoisotopic (exact) mass is 503 g/mol. The van der Waals surface area contributed by atoms with Crippen molar-refractivity contribution in [2.45, 2.75) is 37.0 Å². The lowest BCUT2D eigenvalue weighted by Crippen LogP contribution is -2.43. The highest BCUT2D eigenvalue weighted by atomic mass is 35.5. The normalized spacial score (nSPS) is 16.7. The number of sulfone groups is 1. The summed E-state index contributed by atoms with van der Waals surface area (Å²) in [6.45, 7) is 6.71. The van der Waals surface area contributed by atoms with Crippen LogP contribution in [0.1, 0.15) is 41.3 Å². The van der Waals surface area contributed by atoms with Gasteiger partial charge < -0.3 is 20.5 Å². The summed E-state index contributed by atoms with van der Waals surface area (Å²) in [5, 5.41) is 17.0. The molecule has 3 N–H and O–H groups in total. The average molecular weight is 504 g/mol. The van der Waals surface area contributed by atoms with Crippen LogP contribution >= 0.6 is 11.6 Å². The lowest BCUT2D eigenvalue weighted by Gasteiger charge is -2.25. The van der Waals surface area contributed by atoms with E-state index in [-0.39, 0.29) is 35.2 Å². The van der Waals surface area contributed by atoms with E-state index < -0.39 is 21.2 Å². The quantitative estimate of drug-likeness (QED) is 0.450. The van der Waals surface area contributed by atoms with E-state index in [1.54, 1.807) is 31.2 Å². The zero-order valence-electron chi connectivity index (χ0n) is 19.1. The number of carboxylic acids is 1. The standard InChI is InChI=1S/C24H26ClN3O5S/c1-13(2)15-8-14(3)22(18(9-15)24(29)30)28-23-17-10-16(25)4-5-19(17)27-11-20(23)34(31,32)21-12-26-6-7-33-21/h4-5,8-11,13,21,26H,6-7,12H2,1-3H3,(H,27,28)(H,29,30). The Labute approximate surface area is 203 Å². The van der Waals surface area contributed by atoms with Crippen LogP contribution in [0.5, 0.6) is 0 Å². The molecular formula is C24H26ClN3O5S. The number of carbonyl (C=O) groups is 1. The van der Waals surface area contributed by atoms with Gasteiger partial charge in [0.1, 0.15) is 4.90 Å². The number of halogens is 1. The zero-order valence-corrected chi connectivity index (χ0v) is 20.6. The van der Waals surface area contributed by atoms with E-state index in [1.165, 1.54) is 6.20 Å². The molecule has 1 atom stereocenters. The molecule has 0 radical (unpaired) electrons. The van der Waals surface area contributed by atoms with Gasteiger partial charge in [-0.15, -0.1) is 0 Å². The predicted molar refractivity (Wildman–Crippen MR) is 132 cm³/mol. The lowest BCUT2D eigenvalue weighted by atomic mass is 9.96. The van der Waals surface area contributed by atoms with Crippen LogP contribution in [0.25, 0.3) is 10.9 Å². The Morgan fingerprint density at radius 1 is 1.26 bits per heavy atom. The van der Waals surface area contributed by atoms with Gasteiger partial charge in [-0.2, -0.15) is 0 Å². The van der Waals surface area contributed by atoms with Gasteiger partial charge in [0, 0.05) is 29.7 Å². The molecule has 0 bridgehead atoms. The summed E-state index contributed by atoms with van der Waals surface area (Å²) >= 11 is 6.24. The van der Waals surface area contributed by atoms with Crippen LogP contribution in [0.3, 0.4) is 0 Å². The second kappa shape index (κ2) is 9.50. The number of hydrogen-bond acceptors (Lipinski definition) is 7. The third-order valence-corrected chi connectivity index (χ3v) is 8.00. The number of rotatable bonds is 6.